The first-order valence-corrected chi connectivity index (χ1v) is 15.2. The van der Waals surface area contributed by atoms with E-state index in [9.17, 15) is 19.2 Å². The van der Waals surface area contributed by atoms with Crippen molar-refractivity contribution in [3.05, 3.63) is 35.0 Å². The topological polar surface area (TPSA) is 158 Å². The molecule has 5 amide bonds. The zero-order valence-electron chi connectivity index (χ0n) is 25.5. The van der Waals surface area contributed by atoms with E-state index in [1.807, 2.05) is 36.7 Å². The number of morpholine rings is 1. The van der Waals surface area contributed by atoms with Crippen LogP contribution in [0.1, 0.15) is 61.1 Å². The fourth-order valence-corrected chi connectivity index (χ4v) is 6.48. The monoisotopic (exact) mass is 608 g/mol. The van der Waals surface area contributed by atoms with E-state index in [1.165, 1.54) is 5.01 Å². The first kappa shape index (κ1) is 29.9. The molecule has 236 valence electrons. The number of fused-ring (bicyclic) bond motifs is 3. The summed E-state index contributed by atoms with van der Waals surface area (Å²) < 4.78 is 10.9. The van der Waals surface area contributed by atoms with Gasteiger partial charge in [0.2, 0.25) is 0 Å². The molecule has 2 aromatic rings. The second kappa shape index (κ2) is 11.7. The van der Waals surface area contributed by atoms with Crippen LogP contribution in [-0.4, -0.2) is 125 Å². The molecule has 0 bridgehead atoms. The molecule has 3 aliphatic heterocycles. The molecule has 0 radical (unpaired) electrons. The minimum absolute atomic E-state index is 0.0208. The van der Waals surface area contributed by atoms with E-state index in [4.69, 9.17) is 15.2 Å². The molecule has 44 heavy (non-hydrogen) atoms. The molecule has 4 aliphatic rings. The Bertz CT molecular complexity index is 1450. The van der Waals surface area contributed by atoms with Gasteiger partial charge in [-0.15, -0.1) is 0 Å². The van der Waals surface area contributed by atoms with Crippen molar-refractivity contribution in [2.45, 2.75) is 45.1 Å². The number of nitrogens with two attached hydrogens (primary N) is 1. The highest BCUT2D eigenvalue weighted by molar-refractivity contribution is 6.25. The van der Waals surface area contributed by atoms with Gasteiger partial charge in [-0.1, -0.05) is 12.1 Å². The molecule has 0 saturated carbocycles. The summed E-state index contributed by atoms with van der Waals surface area (Å²) in [5.74, 6) is -0.164. The van der Waals surface area contributed by atoms with Crippen LogP contribution in [0.5, 0.6) is 0 Å². The number of likely N-dealkylation sites (tertiary alicyclic amines) is 1. The summed E-state index contributed by atoms with van der Waals surface area (Å²) in [5.41, 5.74) is 8.65. The summed E-state index contributed by atoms with van der Waals surface area (Å²) in [6.07, 6.45) is 0.996. The maximum Gasteiger partial charge on any atom is 0.410 e. The van der Waals surface area contributed by atoms with Gasteiger partial charge >= 0.3 is 18.2 Å². The normalized spacial score (nSPS) is 19.5. The number of piperidine rings is 1. The number of primary amides is 1. The Morgan fingerprint density at radius 2 is 1.59 bits per heavy atom. The van der Waals surface area contributed by atoms with Crippen LogP contribution in [-0.2, 0) is 9.47 Å². The fourth-order valence-electron chi connectivity index (χ4n) is 6.48. The molecular weight excluding hydrogens is 568 g/mol. The predicted octanol–water partition coefficient (Wildman–Crippen LogP) is 2.61. The number of aromatic amines is 1. The standard InChI is InChI=1S/C30H40N8O6/c1-30(2,3)44-29(42)36-13-11-35(12-14-36)28(41)34-9-7-19(8-10-34)24-23-25(33-32-24)20-5-4-6-21(22(20)26(23)39)38(27(31)40)37-15-17-43-18-16-37/h4-6,19H,7-18H2,1-3H3,(H2,31,40)(H,32,33). The third-order valence-corrected chi connectivity index (χ3v) is 8.63. The fraction of sp³-hybridized carbons (Fsp3) is 0.567. The second-order valence-corrected chi connectivity index (χ2v) is 12.6. The van der Waals surface area contributed by atoms with E-state index in [-0.39, 0.29) is 23.8 Å². The van der Waals surface area contributed by atoms with E-state index in [0.29, 0.717) is 106 Å². The van der Waals surface area contributed by atoms with Crippen molar-refractivity contribution >= 4 is 29.6 Å². The third kappa shape index (κ3) is 5.59. The maximum atomic E-state index is 14.0. The van der Waals surface area contributed by atoms with Crippen LogP contribution >= 0.6 is 0 Å². The van der Waals surface area contributed by atoms with Gasteiger partial charge in [0.05, 0.1) is 35.7 Å². The van der Waals surface area contributed by atoms with Crippen molar-refractivity contribution < 1.29 is 28.7 Å². The van der Waals surface area contributed by atoms with Crippen molar-refractivity contribution in [1.82, 2.24) is 29.9 Å². The number of piperazine rings is 1. The van der Waals surface area contributed by atoms with Crippen molar-refractivity contribution in [1.29, 1.82) is 0 Å². The number of aromatic nitrogens is 2. The minimum atomic E-state index is -0.664. The average Bonchev–Trinajstić information content (AvgIpc) is 3.56. The number of benzene rings is 1. The van der Waals surface area contributed by atoms with Crippen molar-refractivity contribution in [3.63, 3.8) is 0 Å². The van der Waals surface area contributed by atoms with E-state index in [2.05, 4.69) is 10.2 Å². The van der Waals surface area contributed by atoms with E-state index < -0.39 is 11.6 Å². The lowest BCUT2D eigenvalue weighted by Gasteiger charge is -2.39. The minimum Gasteiger partial charge on any atom is -0.444 e. The van der Waals surface area contributed by atoms with Gasteiger partial charge in [-0.3, -0.25) is 9.89 Å². The highest BCUT2D eigenvalue weighted by Crippen LogP contribution is 2.44. The molecule has 1 aromatic heterocycles. The smallest absolute Gasteiger partial charge is 0.410 e. The molecule has 0 atom stereocenters. The van der Waals surface area contributed by atoms with E-state index in [0.717, 1.165) is 5.69 Å². The summed E-state index contributed by atoms with van der Waals surface area (Å²) in [4.78, 5) is 57.6. The molecule has 14 heteroatoms. The van der Waals surface area contributed by atoms with Crippen LogP contribution in [0.4, 0.5) is 20.1 Å². The molecule has 0 spiro atoms. The average molecular weight is 609 g/mol. The number of carbonyl (C=O) groups excluding carboxylic acids is 4. The van der Waals surface area contributed by atoms with Crippen molar-refractivity contribution in [2.24, 2.45) is 5.73 Å². The van der Waals surface area contributed by atoms with Crippen molar-refractivity contribution in [2.75, 3.05) is 70.6 Å². The highest BCUT2D eigenvalue weighted by Gasteiger charge is 2.40. The SMILES string of the molecule is CC(C)(C)OC(=O)N1CCN(C(=O)N2CCC(c3[nH]nc4c3C(=O)c3c-4cccc3N(C(N)=O)N3CCOCC3)CC2)CC1. The van der Waals surface area contributed by atoms with E-state index >= 15 is 0 Å². The van der Waals surface area contributed by atoms with Crippen LogP contribution in [0.15, 0.2) is 18.2 Å². The number of ketones is 1. The van der Waals surface area contributed by atoms with Gasteiger partial charge in [0.1, 0.15) is 11.3 Å². The van der Waals surface area contributed by atoms with Crippen LogP contribution in [0.3, 0.4) is 0 Å². The Morgan fingerprint density at radius 3 is 2.23 bits per heavy atom. The number of nitrogens with zero attached hydrogens (tertiary/aromatic N) is 6. The Hall–Kier alpha value is -4.17. The summed E-state index contributed by atoms with van der Waals surface area (Å²) in [6, 6.07) is 4.69. The molecule has 0 unspecified atom stereocenters. The van der Waals surface area contributed by atoms with Crippen LogP contribution in [0.25, 0.3) is 11.3 Å². The summed E-state index contributed by atoms with van der Waals surface area (Å²) >= 11 is 0. The largest absolute Gasteiger partial charge is 0.444 e. The highest BCUT2D eigenvalue weighted by atomic mass is 16.6. The van der Waals surface area contributed by atoms with Gasteiger partial charge in [0, 0.05) is 63.8 Å². The Balaban J connectivity index is 1.11. The molecule has 3 saturated heterocycles. The van der Waals surface area contributed by atoms with Gasteiger partial charge in [-0.2, -0.15) is 5.10 Å². The molecule has 14 nitrogen and oxygen atoms in total. The number of hydrazine groups is 1. The first-order chi connectivity index (χ1) is 21.0. The molecule has 3 fully saturated rings. The molecular formula is C30H40N8O6. The molecule has 6 rings (SSSR count). The number of H-pyrrole nitrogens is 1. The molecule has 3 N–H and O–H groups in total. The predicted molar refractivity (Wildman–Crippen MR) is 160 cm³/mol. The lowest BCUT2D eigenvalue weighted by atomic mass is 9.90. The maximum absolute atomic E-state index is 14.0. The number of amides is 5. The van der Waals surface area contributed by atoms with Gasteiger partial charge in [-0.05, 0) is 39.7 Å². The van der Waals surface area contributed by atoms with Gasteiger partial charge < -0.3 is 29.9 Å². The van der Waals surface area contributed by atoms with E-state index in [1.54, 1.807) is 21.9 Å². The number of hydrogen-bond acceptors (Lipinski definition) is 8. The second-order valence-electron chi connectivity index (χ2n) is 12.6. The number of urea groups is 2. The quantitative estimate of drug-likeness (QED) is 0.459. The first-order valence-electron chi connectivity index (χ1n) is 15.2. The zero-order chi connectivity index (χ0) is 31.2. The Morgan fingerprint density at radius 1 is 0.955 bits per heavy atom. The number of hydrogen-bond donors (Lipinski definition) is 2. The van der Waals surface area contributed by atoms with Gasteiger partial charge in [0.15, 0.2) is 5.78 Å². The Kier molecular flexibility index (Phi) is 7.97. The number of nitrogens with one attached hydrogen (secondary N) is 1. The number of carbonyl (C=O) groups is 4. The zero-order valence-corrected chi connectivity index (χ0v) is 25.5. The van der Waals surface area contributed by atoms with Gasteiger partial charge in [0.25, 0.3) is 0 Å². The summed E-state index contributed by atoms with van der Waals surface area (Å²) in [6.45, 7) is 10.2. The van der Waals surface area contributed by atoms with Crippen LogP contribution in [0, 0.1) is 0 Å². The van der Waals surface area contributed by atoms with Crippen LogP contribution in [0.2, 0.25) is 0 Å². The summed E-state index contributed by atoms with van der Waals surface area (Å²) in [7, 11) is 0. The molecule has 4 heterocycles. The number of rotatable bonds is 3. The lowest BCUT2D eigenvalue weighted by Crippen LogP contribution is -2.55. The Labute approximate surface area is 256 Å². The van der Waals surface area contributed by atoms with Gasteiger partial charge in [-0.25, -0.2) is 24.4 Å². The molecule has 1 aromatic carbocycles. The number of ether oxygens (including phenoxy) is 2. The van der Waals surface area contributed by atoms with Crippen LogP contribution < -0.4 is 10.7 Å². The molecule has 1 aliphatic carbocycles. The van der Waals surface area contributed by atoms with Crippen molar-refractivity contribution in [3.8, 4) is 11.3 Å². The number of anilines is 1. The third-order valence-electron chi connectivity index (χ3n) is 8.63. The summed E-state index contributed by atoms with van der Waals surface area (Å²) in [5, 5.41) is 10.9. The lowest BCUT2D eigenvalue weighted by molar-refractivity contribution is 0.0154.